The monoisotopic (exact) mass is 291 g/mol. The molecule has 21 heavy (non-hydrogen) atoms. The van der Waals surface area contributed by atoms with E-state index in [4.69, 9.17) is 10.5 Å². The van der Waals surface area contributed by atoms with Gasteiger partial charge in [-0.05, 0) is 32.0 Å². The van der Waals surface area contributed by atoms with Crippen LogP contribution in [0.15, 0.2) is 24.3 Å². The van der Waals surface area contributed by atoms with Crippen LogP contribution in [0.2, 0.25) is 0 Å². The van der Waals surface area contributed by atoms with Gasteiger partial charge in [-0.3, -0.25) is 9.80 Å². The molecule has 0 spiro atoms. The second-order valence-corrected chi connectivity index (χ2v) is 6.63. The summed E-state index contributed by atoms with van der Waals surface area (Å²) in [5, 5.41) is 0. The first-order valence-corrected chi connectivity index (χ1v) is 7.71. The molecular weight excluding hydrogens is 262 g/mol. The Bertz CT molecular complexity index is 461. The van der Waals surface area contributed by atoms with Crippen molar-refractivity contribution < 1.29 is 4.74 Å². The highest BCUT2D eigenvalue weighted by Crippen LogP contribution is 2.27. The van der Waals surface area contributed by atoms with E-state index in [0.717, 1.165) is 19.6 Å². The van der Waals surface area contributed by atoms with E-state index in [-0.39, 0.29) is 11.6 Å². The first-order valence-electron chi connectivity index (χ1n) is 7.71. The Labute approximate surface area is 128 Å². The van der Waals surface area contributed by atoms with Gasteiger partial charge in [0.1, 0.15) is 0 Å². The second kappa shape index (κ2) is 6.88. The van der Waals surface area contributed by atoms with Crippen LogP contribution in [0.25, 0.3) is 0 Å². The summed E-state index contributed by atoms with van der Waals surface area (Å²) in [5.74, 6) is 0. The SMILES string of the molecule is COCc1cccc(C(CN)N2CCN(C)C(C)(C)C2)c1. The molecule has 0 bridgehead atoms. The van der Waals surface area contributed by atoms with Gasteiger partial charge in [0.25, 0.3) is 0 Å². The van der Waals surface area contributed by atoms with E-state index in [2.05, 4.69) is 55.0 Å². The molecule has 0 aromatic heterocycles. The van der Waals surface area contributed by atoms with E-state index in [1.165, 1.54) is 11.1 Å². The van der Waals surface area contributed by atoms with E-state index in [9.17, 15) is 0 Å². The van der Waals surface area contributed by atoms with Crippen LogP contribution >= 0.6 is 0 Å². The molecule has 2 rings (SSSR count). The van der Waals surface area contributed by atoms with Crippen LogP contribution in [0.1, 0.15) is 31.0 Å². The van der Waals surface area contributed by atoms with Crippen LogP contribution in [-0.4, -0.2) is 55.7 Å². The molecule has 0 aliphatic carbocycles. The molecule has 1 heterocycles. The summed E-state index contributed by atoms with van der Waals surface area (Å²) in [7, 11) is 3.93. The molecule has 0 radical (unpaired) electrons. The fraction of sp³-hybridized carbons (Fsp3) is 0.647. The van der Waals surface area contributed by atoms with Gasteiger partial charge in [-0.1, -0.05) is 24.3 Å². The molecule has 118 valence electrons. The number of nitrogens with two attached hydrogens (primary N) is 1. The predicted molar refractivity (Wildman–Crippen MR) is 87.2 cm³/mol. The van der Waals surface area contributed by atoms with Gasteiger partial charge in [0.05, 0.1) is 6.61 Å². The topological polar surface area (TPSA) is 41.7 Å². The molecule has 2 N–H and O–H groups in total. The zero-order valence-corrected chi connectivity index (χ0v) is 13.8. The molecule has 1 fully saturated rings. The maximum absolute atomic E-state index is 6.10. The van der Waals surface area contributed by atoms with Crippen LogP contribution in [0.3, 0.4) is 0 Å². The summed E-state index contributed by atoms with van der Waals surface area (Å²) in [6.45, 7) is 9.09. The highest BCUT2D eigenvalue weighted by atomic mass is 16.5. The molecule has 1 unspecified atom stereocenters. The van der Waals surface area contributed by atoms with Crippen molar-refractivity contribution in [2.45, 2.75) is 32.0 Å². The highest BCUT2D eigenvalue weighted by Gasteiger charge is 2.34. The molecule has 1 aliphatic heterocycles. The van der Waals surface area contributed by atoms with Crippen molar-refractivity contribution in [3.63, 3.8) is 0 Å². The van der Waals surface area contributed by atoms with Gasteiger partial charge in [-0.15, -0.1) is 0 Å². The summed E-state index contributed by atoms with van der Waals surface area (Å²) >= 11 is 0. The third kappa shape index (κ3) is 3.83. The Morgan fingerprint density at radius 1 is 1.33 bits per heavy atom. The fourth-order valence-electron chi connectivity index (χ4n) is 3.10. The van der Waals surface area contributed by atoms with Crippen molar-refractivity contribution in [1.82, 2.24) is 9.80 Å². The lowest BCUT2D eigenvalue weighted by atomic mass is 9.95. The summed E-state index contributed by atoms with van der Waals surface area (Å²) in [4.78, 5) is 4.95. The third-order valence-corrected chi connectivity index (χ3v) is 4.66. The van der Waals surface area contributed by atoms with Crippen LogP contribution in [0.4, 0.5) is 0 Å². The van der Waals surface area contributed by atoms with Gasteiger partial charge >= 0.3 is 0 Å². The molecule has 1 saturated heterocycles. The van der Waals surface area contributed by atoms with E-state index in [0.29, 0.717) is 13.2 Å². The first kappa shape index (κ1) is 16.4. The standard InChI is InChI=1S/C17H29N3O/c1-17(2)13-20(9-8-19(17)3)16(11-18)15-7-5-6-14(10-15)12-21-4/h5-7,10,16H,8-9,11-13,18H2,1-4H3. The molecule has 0 saturated carbocycles. The van der Waals surface area contributed by atoms with E-state index in [1.54, 1.807) is 7.11 Å². The van der Waals surface area contributed by atoms with Crippen molar-refractivity contribution in [2.75, 3.05) is 40.3 Å². The van der Waals surface area contributed by atoms with Gasteiger partial charge in [-0.25, -0.2) is 0 Å². The van der Waals surface area contributed by atoms with Crippen molar-refractivity contribution in [3.05, 3.63) is 35.4 Å². The minimum absolute atomic E-state index is 0.190. The van der Waals surface area contributed by atoms with E-state index >= 15 is 0 Å². The normalized spacial score (nSPS) is 21.4. The summed E-state index contributed by atoms with van der Waals surface area (Å²) in [6.07, 6.45) is 0. The average Bonchev–Trinajstić information content (AvgIpc) is 2.44. The smallest absolute Gasteiger partial charge is 0.0713 e. The average molecular weight is 291 g/mol. The molecule has 4 heteroatoms. The molecule has 1 atom stereocenters. The number of benzene rings is 1. The van der Waals surface area contributed by atoms with Gasteiger partial charge in [0, 0.05) is 44.9 Å². The van der Waals surface area contributed by atoms with Crippen molar-refractivity contribution >= 4 is 0 Å². The lowest BCUT2D eigenvalue weighted by Crippen LogP contribution is -2.58. The van der Waals surface area contributed by atoms with Crippen molar-refractivity contribution in [2.24, 2.45) is 5.73 Å². The zero-order chi connectivity index (χ0) is 15.5. The Hall–Kier alpha value is -0.940. The zero-order valence-electron chi connectivity index (χ0n) is 13.8. The van der Waals surface area contributed by atoms with Crippen LogP contribution < -0.4 is 5.73 Å². The number of methoxy groups -OCH3 is 1. The number of rotatable bonds is 5. The Balaban J connectivity index is 2.17. The van der Waals surface area contributed by atoms with Crippen LogP contribution in [0, 0.1) is 0 Å². The lowest BCUT2D eigenvalue weighted by molar-refractivity contribution is 0.0180. The van der Waals surface area contributed by atoms with Gasteiger partial charge in [-0.2, -0.15) is 0 Å². The number of piperazine rings is 1. The van der Waals surface area contributed by atoms with E-state index < -0.39 is 0 Å². The fourth-order valence-corrected chi connectivity index (χ4v) is 3.10. The van der Waals surface area contributed by atoms with Gasteiger partial charge in [0.2, 0.25) is 0 Å². The maximum Gasteiger partial charge on any atom is 0.0713 e. The first-order chi connectivity index (χ1) is 9.97. The van der Waals surface area contributed by atoms with Crippen molar-refractivity contribution in [1.29, 1.82) is 0 Å². The largest absolute Gasteiger partial charge is 0.380 e. The number of hydrogen-bond donors (Lipinski definition) is 1. The summed E-state index contributed by atoms with van der Waals surface area (Å²) in [5.41, 5.74) is 8.80. The second-order valence-electron chi connectivity index (χ2n) is 6.63. The molecule has 4 nitrogen and oxygen atoms in total. The molecule has 0 amide bonds. The Morgan fingerprint density at radius 3 is 2.71 bits per heavy atom. The Kier molecular flexibility index (Phi) is 5.38. The van der Waals surface area contributed by atoms with Gasteiger partial charge in [0.15, 0.2) is 0 Å². The van der Waals surface area contributed by atoms with Crippen LogP contribution in [-0.2, 0) is 11.3 Å². The quantitative estimate of drug-likeness (QED) is 0.899. The molecule has 1 aliphatic rings. The lowest BCUT2D eigenvalue weighted by Gasteiger charge is -2.48. The number of hydrogen-bond acceptors (Lipinski definition) is 4. The molecule has 1 aromatic rings. The number of likely N-dealkylation sites (N-methyl/N-ethyl adjacent to an activating group) is 1. The molecular formula is C17H29N3O. The minimum atomic E-state index is 0.190. The minimum Gasteiger partial charge on any atom is -0.380 e. The summed E-state index contributed by atoms with van der Waals surface area (Å²) in [6, 6.07) is 8.91. The molecule has 1 aromatic carbocycles. The van der Waals surface area contributed by atoms with Gasteiger partial charge < -0.3 is 10.5 Å². The predicted octanol–water partition coefficient (Wildman–Crippen LogP) is 1.86. The maximum atomic E-state index is 6.10. The number of ether oxygens (including phenoxy) is 1. The highest BCUT2D eigenvalue weighted by molar-refractivity contribution is 5.26. The summed E-state index contributed by atoms with van der Waals surface area (Å²) < 4.78 is 5.24. The third-order valence-electron chi connectivity index (χ3n) is 4.66. The van der Waals surface area contributed by atoms with Crippen molar-refractivity contribution in [3.8, 4) is 0 Å². The van der Waals surface area contributed by atoms with E-state index in [1.807, 2.05) is 0 Å². The van der Waals surface area contributed by atoms with Crippen LogP contribution in [0.5, 0.6) is 0 Å². The Morgan fingerprint density at radius 2 is 2.10 bits per heavy atom. The number of nitrogens with zero attached hydrogens (tertiary/aromatic N) is 2.